The van der Waals surface area contributed by atoms with Gasteiger partial charge in [-0.05, 0) is 61.4 Å². The minimum atomic E-state index is -3.76. The SMILES string of the molecule is CCOc1ccc(S(=O)(=O)Nc2ccc(C(=O)Nc3nnc(CC(C)C)s3)cc2)cc1. The van der Waals surface area contributed by atoms with Crippen LogP contribution in [0.1, 0.15) is 36.1 Å². The molecule has 164 valence electrons. The summed E-state index contributed by atoms with van der Waals surface area (Å²) in [5, 5.41) is 12.1. The van der Waals surface area contributed by atoms with E-state index in [1.54, 1.807) is 24.3 Å². The fraction of sp³-hybridized carbons (Fsp3) is 0.286. The molecule has 0 bridgehead atoms. The molecule has 3 rings (SSSR count). The van der Waals surface area contributed by atoms with Crippen LogP contribution in [0.25, 0.3) is 0 Å². The number of benzene rings is 2. The molecule has 31 heavy (non-hydrogen) atoms. The third kappa shape index (κ3) is 6.25. The Labute approximate surface area is 185 Å². The number of nitrogens with one attached hydrogen (secondary N) is 2. The van der Waals surface area contributed by atoms with Crippen LogP contribution in [0.3, 0.4) is 0 Å². The lowest BCUT2D eigenvalue weighted by Crippen LogP contribution is -2.14. The zero-order chi connectivity index (χ0) is 22.4. The fourth-order valence-corrected chi connectivity index (χ4v) is 4.70. The number of ether oxygens (including phenoxy) is 1. The molecular weight excluding hydrogens is 436 g/mol. The smallest absolute Gasteiger partial charge is 0.261 e. The number of hydrogen-bond acceptors (Lipinski definition) is 7. The molecule has 8 nitrogen and oxygen atoms in total. The molecule has 0 saturated heterocycles. The van der Waals surface area contributed by atoms with Crippen molar-refractivity contribution in [2.45, 2.75) is 32.1 Å². The summed E-state index contributed by atoms with van der Waals surface area (Å²) in [5.74, 6) is 0.715. The molecule has 2 aromatic carbocycles. The van der Waals surface area contributed by atoms with Crippen molar-refractivity contribution in [1.82, 2.24) is 10.2 Å². The molecule has 0 aliphatic heterocycles. The minimum absolute atomic E-state index is 0.117. The molecule has 2 N–H and O–H groups in total. The lowest BCUT2D eigenvalue weighted by molar-refractivity contribution is 0.102. The first-order valence-electron chi connectivity index (χ1n) is 9.76. The first-order chi connectivity index (χ1) is 14.8. The Balaban J connectivity index is 1.63. The van der Waals surface area contributed by atoms with E-state index in [1.807, 2.05) is 6.92 Å². The van der Waals surface area contributed by atoms with Gasteiger partial charge in [0, 0.05) is 17.7 Å². The summed E-state index contributed by atoms with van der Waals surface area (Å²) in [7, 11) is -3.76. The van der Waals surface area contributed by atoms with Crippen molar-refractivity contribution in [2.24, 2.45) is 5.92 Å². The van der Waals surface area contributed by atoms with E-state index in [-0.39, 0.29) is 10.8 Å². The Morgan fingerprint density at radius 2 is 1.74 bits per heavy atom. The maximum atomic E-state index is 12.6. The predicted molar refractivity (Wildman–Crippen MR) is 121 cm³/mol. The van der Waals surface area contributed by atoms with Crippen LogP contribution in [0, 0.1) is 5.92 Å². The number of carbonyl (C=O) groups excluding carboxylic acids is 1. The van der Waals surface area contributed by atoms with Crippen molar-refractivity contribution in [3.05, 3.63) is 59.1 Å². The van der Waals surface area contributed by atoms with Gasteiger partial charge in [-0.25, -0.2) is 8.42 Å². The zero-order valence-electron chi connectivity index (χ0n) is 17.5. The molecule has 0 saturated carbocycles. The topological polar surface area (TPSA) is 110 Å². The van der Waals surface area contributed by atoms with Crippen molar-refractivity contribution in [1.29, 1.82) is 0 Å². The van der Waals surface area contributed by atoms with Crippen LogP contribution in [-0.2, 0) is 16.4 Å². The molecule has 0 radical (unpaired) electrons. The summed E-state index contributed by atoms with van der Waals surface area (Å²) >= 11 is 1.34. The Morgan fingerprint density at radius 3 is 2.35 bits per heavy atom. The van der Waals surface area contributed by atoms with E-state index in [0.717, 1.165) is 11.4 Å². The largest absolute Gasteiger partial charge is 0.494 e. The highest BCUT2D eigenvalue weighted by atomic mass is 32.2. The number of hydrogen-bond donors (Lipinski definition) is 2. The Hall–Kier alpha value is -2.98. The molecule has 0 spiro atoms. The van der Waals surface area contributed by atoms with Crippen LogP contribution < -0.4 is 14.8 Å². The highest BCUT2D eigenvalue weighted by molar-refractivity contribution is 7.92. The van der Waals surface area contributed by atoms with Gasteiger partial charge in [-0.1, -0.05) is 25.2 Å². The lowest BCUT2D eigenvalue weighted by Gasteiger charge is -2.10. The van der Waals surface area contributed by atoms with Crippen LogP contribution in [-0.4, -0.2) is 31.1 Å². The average molecular weight is 461 g/mol. The molecule has 0 aliphatic carbocycles. The van der Waals surface area contributed by atoms with Crippen molar-refractivity contribution in [3.63, 3.8) is 0 Å². The van der Waals surface area contributed by atoms with E-state index in [4.69, 9.17) is 4.74 Å². The van der Waals surface area contributed by atoms with Crippen molar-refractivity contribution in [2.75, 3.05) is 16.6 Å². The van der Waals surface area contributed by atoms with Crippen LogP contribution in [0.15, 0.2) is 53.4 Å². The van der Waals surface area contributed by atoms with E-state index in [9.17, 15) is 13.2 Å². The molecule has 1 aromatic heterocycles. The van der Waals surface area contributed by atoms with Crippen molar-refractivity contribution >= 4 is 38.1 Å². The summed E-state index contributed by atoms with van der Waals surface area (Å²) in [6.45, 7) is 6.53. The Kier molecular flexibility index (Phi) is 7.24. The number of carbonyl (C=O) groups is 1. The quantitative estimate of drug-likeness (QED) is 0.495. The molecule has 0 aliphatic rings. The molecule has 1 heterocycles. The maximum absolute atomic E-state index is 12.6. The summed E-state index contributed by atoms with van der Waals surface area (Å²) in [5.41, 5.74) is 0.727. The van der Waals surface area contributed by atoms with Gasteiger partial charge in [0.25, 0.3) is 15.9 Å². The Bertz CT molecular complexity index is 1120. The molecule has 1 amide bonds. The van der Waals surface area contributed by atoms with E-state index in [0.29, 0.717) is 34.7 Å². The zero-order valence-corrected chi connectivity index (χ0v) is 19.1. The second-order valence-corrected chi connectivity index (χ2v) is 9.88. The monoisotopic (exact) mass is 460 g/mol. The molecule has 0 unspecified atom stereocenters. The van der Waals surface area contributed by atoms with Gasteiger partial charge in [0.05, 0.1) is 11.5 Å². The molecule has 0 atom stereocenters. The summed E-state index contributed by atoms with van der Waals surface area (Å²) in [4.78, 5) is 12.5. The maximum Gasteiger partial charge on any atom is 0.261 e. The van der Waals surface area contributed by atoms with E-state index in [2.05, 4.69) is 34.1 Å². The number of amides is 1. The third-order valence-electron chi connectivity index (χ3n) is 4.11. The van der Waals surface area contributed by atoms with Crippen molar-refractivity contribution in [3.8, 4) is 5.75 Å². The number of aromatic nitrogens is 2. The highest BCUT2D eigenvalue weighted by Crippen LogP contribution is 2.21. The normalized spacial score (nSPS) is 11.4. The van der Waals surface area contributed by atoms with Gasteiger partial charge in [-0.3, -0.25) is 14.8 Å². The van der Waals surface area contributed by atoms with E-state index in [1.165, 1.54) is 35.6 Å². The number of anilines is 2. The Morgan fingerprint density at radius 1 is 1.06 bits per heavy atom. The standard InChI is InChI=1S/C21H24N4O4S2/c1-4-29-17-9-11-18(12-10-17)31(27,28)25-16-7-5-15(6-8-16)20(26)22-21-24-23-19(30-21)13-14(2)3/h5-12,14,25H,4,13H2,1-3H3,(H,22,24,26). The average Bonchev–Trinajstić information content (AvgIpc) is 3.15. The molecule has 3 aromatic rings. The second kappa shape index (κ2) is 9.88. The van der Waals surface area contributed by atoms with Gasteiger partial charge >= 0.3 is 0 Å². The number of sulfonamides is 1. The van der Waals surface area contributed by atoms with Gasteiger partial charge in [0.2, 0.25) is 5.13 Å². The summed E-state index contributed by atoms with van der Waals surface area (Å²) in [6, 6.07) is 12.3. The third-order valence-corrected chi connectivity index (χ3v) is 6.37. The van der Waals surface area contributed by atoms with Crippen LogP contribution in [0.2, 0.25) is 0 Å². The first kappa shape index (κ1) is 22.7. The first-order valence-corrected chi connectivity index (χ1v) is 12.1. The summed E-state index contributed by atoms with van der Waals surface area (Å²) < 4.78 is 33.0. The van der Waals surface area contributed by atoms with Gasteiger partial charge in [0.1, 0.15) is 10.8 Å². The number of nitrogens with zero attached hydrogens (tertiary/aromatic N) is 2. The fourth-order valence-electron chi connectivity index (χ4n) is 2.69. The molecule has 0 fully saturated rings. The van der Waals surface area contributed by atoms with E-state index >= 15 is 0 Å². The van der Waals surface area contributed by atoms with Gasteiger partial charge in [-0.2, -0.15) is 0 Å². The van der Waals surface area contributed by atoms with Gasteiger partial charge in [-0.15, -0.1) is 10.2 Å². The number of rotatable bonds is 9. The lowest BCUT2D eigenvalue weighted by atomic mass is 10.1. The van der Waals surface area contributed by atoms with Crippen molar-refractivity contribution < 1.29 is 17.9 Å². The van der Waals surface area contributed by atoms with Gasteiger partial charge < -0.3 is 4.74 Å². The second-order valence-electron chi connectivity index (χ2n) is 7.14. The van der Waals surface area contributed by atoms with Crippen LogP contribution in [0.5, 0.6) is 5.75 Å². The predicted octanol–water partition coefficient (Wildman–Crippen LogP) is 4.19. The van der Waals surface area contributed by atoms with Gasteiger partial charge in [0.15, 0.2) is 0 Å². The minimum Gasteiger partial charge on any atom is -0.494 e. The van der Waals surface area contributed by atoms with E-state index < -0.39 is 10.0 Å². The molecule has 10 heteroatoms. The summed E-state index contributed by atoms with van der Waals surface area (Å²) in [6.07, 6.45) is 0.802. The van der Waals surface area contributed by atoms with Crippen LogP contribution >= 0.6 is 11.3 Å². The van der Waals surface area contributed by atoms with Crippen LogP contribution in [0.4, 0.5) is 10.8 Å². The molecular formula is C21H24N4O4S2. The highest BCUT2D eigenvalue weighted by Gasteiger charge is 2.15.